The molecule has 0 N–H and O–H groups in total. The van der Waals surface area contributed by atoms with Crippen molar-refractivity contribution >= 4 is 17.9 Å². The molecule has 0 rings (SSSR count). The zero-order valence-electron chi connectivity index (χ0n) is 13.6. The zero-order chi connectivity index (χ0) is 16.2. The van der Waals surface area contributed by atoms with Gasteiger partial charge >= 0.3 is 65.1 Å². The molecule has 0 aliphatic heterocycles. The van der Waals surface area contributed by atoms with Crippen LogP contribution in [0.2, 0.25) is 0 Å². The van der Waals surface area contributed by atoms with Gasteiger partial charge in [-0.1, -0.05) is 19.7 Å². The Hall–Kier alpha value is -0.370. The molecular weight excluding hydrogens is 298 g/mol. The van der Waals surface area contributed by atoms with Gasteiger partial charge in [-0.05, 0) is 31.9 Å². The summed E-state index contributed by atoms with van der Waals surface area (Å²) < 4.78 is 4.27. The molecule has 21 heavy (non-hydrogen) atoms. The molecule has 0 saturated carbocycles. The van der Waals surface area contributed by atoms with Crippen LogP contribution in [0.25, 0.3) is 0 Å². The van der Waals surface area contributed by atoms with Crippen molar-refractivity contribution < 1.29 is 88.4 Å². The molecule has 0 bridgehead atoms. The van der Waals surface area contributed by atoms with E-state index in [-0.39, 0.29) is 76.2 Å². The van der Waals surface area contributed by atoms with Gasteiger partial charge in [0.1, 0.15) is 0 Å². The number of ether oxygens (including phenoxy) is 1. The normalized spacial score (nSPS) is 6.86. The van der Waals surface area contributed by atoms with Gasteiger partial charge in [-0.2, -0.15) is 0 Å². The number of carbonyl (C=O) groups excluding carboxylic acids is 3. The van der Waals surface area contributed by atoms with Gasteiger partial charge in [-0.15, -0.1) is 0 Å². The van der Waals surface area contributed by atoms with Gasteiger partial charge in [-0.25, -0.2) is 4.79 Å². The van der Waals surface area contributed by atoms with E-state index in [1.54, 1.807) is 6.92 Å². The summed E-state index contributed by atoms with van der Waals surface area (Å²) in [4.78, 5) is 29.2. The Morgan fingerprint density at radius 1 is 0.762 bits per heavy atom. The fraction of sp³-hybridized carbons (Fsp3) is 0.308. The third-order valence-corrected chi connectivity index (χ3v) is 1.23. The van der Waals surface area contributed by atoms with Crippen LogP contribution in [0.4, 0.5) is 0 Å². The molecule has 0 aliphatic rings. The van der Waals surface area contributed by atoms with Crippen molar-refractivity contribution in [2.24, 2.45) is 0 Å². The molecule has 8 heteroatoms. The zero-order valence-corrected chi connectivity index (χ0v) is 17.6. The maximum atomic E-state index is 10.2. The molecule has 6 nitrogen and oxygen atoms in total. The van der Waals surface area contributed by atoms with Crippen molar-refractivity contribution in [3.63, 3.8) is 0 Å². The quantitative estimate of drug-likeness (QED) is 0.291. The molecule has 0 amide bonds. The first-order chi connectivity index (χ1) is 8.47. The molecule has 0 atom stereocenters. The summed E-state index contributed by atoms with van der Waals surface area (Å²) in [5.41, 5.74) is 0.563. The summed E-state index contributed by atoms with van der Waals surface area (Å²) in [6, 6.07) is 0. The monoisotopic (exact) mass is 316 g/mol. The van der Waals surface area contributed by atoms with E-state index in [0.717, 1.165) is 0 Å². The number of hydrogen-bond acceptors (Lipinski definition) is 6. The number of hydrogen-bond donors (Lipinski definition) is 0. The molecule has 0 aromatic carbocycles. The maximum Gasteiger partial charge on any atom is 1.00 e. The van der Waals surface area contributed by atoms with Crippen LogP contribution >= 0.6 is 0 Å². The minimum absolute atomic E-state index is 0. The topological polar surface area (TPSA) is 107 Å². The maximum absolute atomic E-state index is 10.2. The molecule has 0 aromatic rings. The molecule has 0 heterocycles. The first-order valence-corrected chi connectivity index (χ1v) is 4.94. The van der Waals surface area contributed by atoms with Crippen LogP contribution in [0, 0.1) is 0 Å². The summed E-state index contributed by atoms with van der Waals surface area (Å²) >= 11 is 0. The summed E-state index contributed by atoms with van der Waals surface area (Å²) in [5, 5.41) is 19.0. The molecule has 0 saturated heterocycles. The second kappa shape index (κ2) is 19.6. The molecule has 0 aliphatic carbocycles. The minimum Gasteiger partial charge on any atom is -0.545 e. The van der Waals surface area contributed by atoms with E-state index in [9.17, 15) is 24.6 Å². The van der Waals surface area contributed by atoms with E-state index in [1.807, 2.05) is 0 Å². The number of methoxy groups -OCH3 is 1. The van der Waals surface area contributed by atoms with Crippen LogP contribution in [0.1, 0.15) is 20.8 Å². The molecular formula is C13H18Na2O6. The van der Waals surface area contributed by atoms with Crippen molar-refractivity contribution in [2.45, 2.75) is 20.8 Å². The Morgan fingerprint density at radius 2 is 0.952 bits per heavy atom. The summed E-state index contributed by atoms with van der Waals surface area (Å²) in [7, 11) is 1.33. The first-order valence-electron chi connectivity index (χ1n) is 4.94. The first kappa shape index (κ1) is 32.5. The van der Waals surface area contributed by atoms with E-state index in [2.05, 4.69) is 24.5 Å². The van der Waals surface area contributed by atoms with E-state index in [0.29, 0.717) is 5.57 Å². The second-order valence-electron chi connectivity index (χ2n) is 3.41. The van der Waals surface area contributed by atoms with Crippen molar-refractivity contribution in [3.8, 4) is 0 Å². The summed E-state index contributed by atoms with van der Waals surface area (Å²) in [6.45, 7) is 13.9. The van der Waals surface area contributed by atoms with Crippen LogP contribution < -0.4 is 69.3 Å². The SMILES string of the molecule is C=C(C)C(=O)OC.C=C(C)C(=O)[O-].C=C(C)C(=O)[O-].[Na+].[Na+]. The van der Waals surface area contributed by atoms with Gasteiger partial charge in [0.2, 0.25) is 0 Å². The molecule has 0 aromatic heterocycles. The van der Waals surface area contributed by atoms with E-state index >= 15 is 0 Å². The van der Waals surface area contributed by atoms with Crippen molar-refractivity contribution in [1.29, 1.82) is 0 Å². The van der Waals surface area contributed by atoms with Crippen LogP contribution in [0.3, 0.4) is 0 Å². The van der Waals surface area contributed by atoms with Crippen molar-refractivity contribution in [3.05, 3.63) is 36.5 Å². The standard InChI is InChI=1S/C5H8O2.2C4H6O2.2Na/c1-4(2)5(6)7-3;2*1-3(2)4(5)6;;/h1H2,2-3H3;2*1H2,2H3,(H,5,6);;/q;;;2*+1/p-2. The number of rotatable bonds is 3. The fourth-order valence-electron chi connectivity index (χ4n) is 0.174. The smallest absolute Gasteiger partial charge is 0.545 e. The summed E-state index contributed by atoms with van der Waals surface area (Å²) in [6.07, 6.45) is 0. The third-order valence-electron chi connectivity index (χ3n) is 1.23. The molecule has 0 radical (unpaired) electrons. The van der Waals surface area contributed by atoms with Gasteiger partial charge in [0.05, 0.1) is 19.0 Å². The molecule has 0 unspecified atom stereocenters. The van der Waals surface area contributed by atoms with Gasteiger partial charge in [0.15, 0.2) is 0 Å². The Morgan fingerprint density at radius 3 is 0.952 bits per heavy atom. The molecule has 0 fully saturated rings. The number of carboxylic acids is 2. The number of carboxylic acid groups (broad SMARTS) is 2. The minimum atomic E-state index is -1.19. The average Bonchev–Trinajstić information content (AvgIpc) is 2.29. The Balaban J connectivity index is -0.0000000584. The Bertz CT molecular complexity index is 340. The average molecular weight is 316 g/mol. The van der Waals surface area contributed by atoms with Crippen molar-refractivity contribution in [1.82, 2.24) is 0 Å². The van der Waals surface area contributed by atoms with E-state index in [1.165, 1.54) is 21.0 Å². The molecule has 108 valence electrons. The largest absolute Gasteiger partial charge is 1.00 e. The Labute approximate surface area is 169 Å². The van der Waals surface area contributed by atoms with E-state index < -0.39 is 11.9 Å². The van der Waals surface area contributed by atoms with Gasteiger partial charge in [0.25, 0.3) is 0 Å². The van der Waals surface area contributed by atoms with Gasteiger partial charge in [-0.3, -0.25) is 0 Å². The summed E-state index contributed by atoms with van der Waals surface area (Å²) in [5.74, 6) is -2.72. The Kier molecular flexibility index (Phi) is 30.4. The second-order valence-corrected chi connectivity index (χ2v) is 3.41. The van der Waals surface area contributed by atoms with Gasteiger partial charge in [0, 0.05) is 5.57 Å². The van der Waals surface area contributed by atoms with Gasteiger partial charge < -0.3 is 24.5 Å². The predicted octanol–water partition coefficient (Wildman–Crippen LogP) is -6.63. The number of carbonyl (C=O) groups is 3. The molecule has 0 spiro atoms. The van der Waals surface area contributed by atoms with Crippen LogP contribution in [0.15, 0.2) is 36.5 Å². The van der Waals surface area contributed by atoms with Crippen LogP contribution in [-0.4, -0.2) is 25.0 Å². The third kappa shape index (κ3) is 32.8. The van der Waals surface area contributed by atoms with Crippen molar-refractivity contribution in [2.75, 3.05) is 7.11 Å². The van der Waals surface area contributed by atoms with Crippen LogP contribution in [-0.2, 0) is 19.1 Å². The van der Waals surface area contributed by atoms with Crippen LogP contribution in [0.5, 0.6) is 0 Å². The fourth-order valence-corrected chi connectivity index (χ4v) is 0.174. The number of esters is 1. The predicted molar refractivity (Wildman–Crippen MR) is 66.5 cm³/mol. The van der Waals surface area contributed by atoms with E-state index in [4.69, 9.17) is 0 Å². The number of aliphatic carboxylic acids is 2.